The van der Waals surface area contributed by atoms with Gasteiger partial charge in [-0.3, -0.25) is 15.0 Å². The minimum absolute atomic E-state index is 0.0256. The van der Waals surface area contributed by atoms with Crippen LogP contribution in [0.2, 0.25) is 5.02 Å². The number of hydrogen-bond donors (Lipinski definition) is 0. The molecule has 2 bridgehead atoms. The standard InChI is InChI=1S/C24H21ClN2O7/c1-31-20-8-19-16(7-23(20)34-24(28)14-3-2-13(27(29)30)5-18(14)25)17-10-26(19)9-12-4-21-22(6-15(12)17)33-11-32-21/h2-7,17,19-20,23H,8-11H2,1H3/t17-,19-,20-,23-/m0/s1. The number of ether oxygens (including phenoxy) is 4. The van der Waals surface area contributed by atoms with Gasteiger partial charge < -0.3 is 18.9 Å². The fourth-order valence-electron chi connectivity index (χ4n) is 5.52. The highest BCUT2D eigenvalue weighted by Gasteiger charge is 2.47. The first-order valence-corrected chi connectivity index (χ1v) is 11.4. The average molecular weight is 485 g/mol. The Labute approximate surface area is 199 Å². The van der Waals surface area contributed by atoms with Gasteiger partial charge >= 0.3 is 5.97 Å². The predicted molar refractivity (Wildman–Crippen MR) is 120 cm³/mol. The lowest BCUT2D eigenvalue weighted by atomic mass is 9.82. The Morgan fingerprint density at radius 2 is 2.03 bits per heavy atom. The van der Waals surface area contributed by atoms with Crippen LogP contribution in [0.5, 0.6) is 11.5 Å². The van der Waals surface area contributed by atoms with E-state index in [1.54, 1.807) is 7.11 Å². The third-order valence-electron chi connectivity index (χ3n) is 7.14. The average Bonchev–Trinajstić information content (AvgIpc) is 3.39. The molecule has 0 amide bonds. The van der Waals surface area contributed by atoms with Gasteiger partial charge in [-0.25, -0.2) is 4.79 Å². The van der Waals surface area contributed by atoms with Gasteiger partial charge in [0.1, 0.15) is 6.10 Å². The molecule has 176 valence electrons. The Morgan fingerprint density at radius 3 is 2.76 bits per heavy atom. The maximum atomic E-state index is 12.9. The lowest BCUT2D eigenvalue weighted by Gasteiger charge is -2.34. The lowest BCUT2D eigenvalue weighted by molar-refractivity contribution is -0.384. The van der Waals surface area contributed by atoms with Crippen molar-refractivity contribution < 1.29 is 28.7 Å². The number of nitro groups is 1. The van der Waals surface area contributed by atoms with Crippen molar-refractivity contribution in [1.29, 1.82) is 0 Å². The predicted octanol–water partition coefficient (Wildman–Crippen LogP) is 3.83. The molecule has 1 fully saturated rings. The van der Waals surface area contributed by atoms with E-state index in [1.807, 2.05) is 6.08 Å². The van der Waals surface area contributed by atoms with Gasteiger partial charge in [-0.2, -0.15) is 0 Å². The number of carbonyl (C=O) groups is 1. The van der Waals surface area contributed by atoms with Crippen molar-refractivity contribution in [2.45, 2.75) is 37.1 Å². The number of benzene rings is 2. The summed E-state index contributed by atoms with van der Waals surface area (Å²) in [6.45, 7) is 1.93. The Kier molecular flexibility index (Phi) is 5.02. The zero-order valence-electron chi connectivity index (χ0n) is 18.2. The van der Waals surface area contributed by atoms with Gasteiger partial charge in [-0.05, 0) is 47.4 Å². The molecule has 0 spiro atoms. The molecule has 0 N–H and O–H groups in total. The Hall–Kier alpha value is -3.14. The van der Waals surface area contributed by atoms with Crippen LogP contribution in [-0.4, -0.2) is 54.5 Å². The summed E-state index contributed by atoms with van der Waals surface area (Å²) in [5.41, 5.74) is 3.53. The van der Waals surface area contributed by atoms with Crippen LogP contribution in [0.3, 0.4) is 0 Å². The normalized spacial score (nSPS) is 28.1. The maximum absolute atomic E-state index is 12.9. The molecule has 0 radical (unpaired) electrons. The van der Waals surface area contributed by atoms with Crippen molar-refractivity contribution in [2.75, 3.05) is 20.4 Å². The zero-order chi connectivity index (χ0) is 23.6. The van der Waals surface area contributed by atoms with E-state index in [1.165, 1.54) is 28.8 Å². The van der Waals surface area contributed by atoms with Gasteiger partial charge in [0.25, 0.3) is 5.69 Å². The maximum Gasteiger partial charge on any atom is 0.340 e. The molecule has 2 aromatic rings. The number of carbonyl (C=O) groups excluding carboxylic acids is 1. The monoisotopic (exact) mass is 484 g/mol. The van der Waals surface area contributed by atoms with Gasteiger partial charge in [0.2, 0.25) is 6.79 Å². The highest BCUT2D eigenvalue weighted by atomic mass is 35.5. The minimum atomic E-state index is -0.646. The number of methoxy groups -OCH3 is 1. The molecule has 10 heteroatoms. The summed E-state index contributed by atoms with van der Waals surface area (Å²) in [6.07, 6.45) is 1.76. The molecule has 6 rings (SSSR count). The second-order valence-corrected chi connectivity index (χ2v) is 9.28. The van der Waals surface area contributed by atoms with Crippen LogP contribution in [0.15, 0.2) is 42.0 Å². The minimum Gasteiger partial charge on any atom is -0.454 e. The molecule has 4 aliphatic rings. The highest BCUT2D eigenvalue weighted by molar-refractivity contribution is 6.33. The fourth-order valence-corrected chi connectivity index (χ4v) is 5.77. The van der Waals surface area contributed by atoms with Crippen LogP contribution in [0.4, 0.5) is 5.69 Å². The van der Waals surface area contributed by atoms with Crippen LogP contribution in [0, 0.1) is 10.1 Å². The number of fused-ring (bicyclic) bond motifs is 8. The molecular weight excluding hydrogens is 464 g/mol. The van der Waals surface area contributed by atoms with Crippen molar-refractivity contribution in [3.05, 3.63) is 73.8 Å². The molecule has 9 nitrogen and oxygen atoms in total. The summed E-state index contributed by atoms with van der Waals surface area (Å²) < 4.78 is 22.7. The molecule has 2 aromatic carbocycles. The summed E-state index contributed by atoms with van der Waals surface area (Å²) >= 11 is 6.14. The smallest absolute Gasteiger partial charge is 0.340 e. The topological polar surface area (TPSA) is 100 Å². The van der Waals surface area contributed by atoms with E-state index < -0.39 is 17.0 Å². The molecule has 1 unspecified atom stereocenters. The molecular formula is C24H21ClN2O7. The number of esters is 1. The first kappa shape index (κ1) is 21.4. The number of nitrogens with zero attached hydrogens (tertiary/aromatic N) is 2. The van der Waals surface area contributed by atoms with Gasteiger partial charge in [-0.15, -0.1) is 0 Å². The molecule has 1 aliphatic carbocycles. The lowest BCUT2D eigenvalue weighted by Crippen LogP contribution is -2.42. The van der Waals surface area contributed by atoms with E-state index in [-0.39, 0.29) is 41.1 Å². The number of halogens is 1. The van der Waals surface area contributed by atoms with E-state index in [9.17, 15) is 14.9 Å². The van der Waals surface area contributed by atoms with Gasteiger partial charge in [-0.1, -0.05) is 11.6 Å². The molecule has 34 heavy (non-hydrogen) atoms. The van der Waals surface area contributed by atoms with Gasteiger partial charge in [0.15, 0.2) is 11.5 Å². The number of nitro benzene ring substituents is 1. The van der Waals surface area contributed by atoms with E-state index in [2.05, 4.69) is 17.0 Å². The first-order chi connectivity index (χ1) is 16.4. The fraction of sp³-hybridized carbons (Fsp3) is 0.375. The quantitative estimate of drug-likeness (QED) is 0.279. The summed E-state index contributed by atoms with van der Waals surface area (Å²) in [4.78, 5) is 25.8. The van der Waals surface area contributed by atoms with Crippen LogP contribution in [0.1, 0.15) is 33.8 Å². The van der Waals surface area contributed by atoms with Gasteiger partial charge in [0, 0.05) is 44.3 Å². The second kappa shape index (κ2) is 7.97. The van der Waals surface area contributed by atoms with E-state index in [0.29, 0.717) is 6.42 Å². The largest absolute Gasteiger partial charge is 0.454 e. The third kappa shape index (κ3) is 3.34. The third-order valence-corrected chi connectivity index (χ3v) is 7.45. The van der Waals surface area contributed by atoms with Crippen LogP contribution >= 0.6 is 11.6 Å². The Bertz CT molecular complexity index is 1250. The molecule has 3 heterocycles. The van der Waals surface area contributed by atoms with Crippen molar-refractivity contribution in [2.24, 2.45) is 0 Å². The van der Waals surface area contributed by atoms with Gasteiger partial charge in [0.05, 0.1) is 21.6 Å². The molecule has 0 saturated carbocycles. The van der Waals surface area contributed by atoms with Crippen molar-refractivity contribution >= 4 is 23.3 Å². The van der Waals surface area contributed by atoms with E-state index in [0.717, 1.165) is 30.7 Å². The first-order valence-electron chi connectivity index (χ1n) is 11.0. The van der Waals surface area contributed by atoms with Crippen molar-refractivity contribution in [3.63, 3.8) is 0 Å². The Balaban J connectivity index is 1.30. The SMILES string of the molecule is CO[C@H]1C[C@H]2C(=C[C@@H]1OC(=O)c1ccc([N+](=O)[O-])cc1Cl)[C@H]1CN2Cc2cc3c(cc21)OCO3. The summed E-state index contributed by atoms with van der Waals surface area (Å²) in [5, 5.41) is 10.9. The van der Waals surface area contributed by atoms with Crippen LogP contribution in [0.25, 0.3) is 0 Å². The Morgan fingerprint density at radius 1 is 1.24 bits per heavy atom. The molecule has 3 aliphatic heterocycles. The van der Waals surface area contributed by atoms with Crippen molar-refractivity contribution in [1.82, 2.24) is 4.90 Å². The molecule has 0 aromatic heterocycles. The summed E-state index contributed by atoms with van der Waals surface area (Å²) in [5.74, 6) is 1.06. The van der Waals surface area contributed by atoms with Crippen LogP contribution in [-0.2, 0) is 16.0 Å². The van der Waals surface area contributed by atoms with Crippen LogP contribution < -0.4 is 9.47 Å². The summed E-state index contributed by atoms with van der Waals surface area (Å²) in [7, 11) is 1.60. The van der Waals surface area contributed by atoms with E-state index >= 15 is 0 Å². The summed E-state index contributed by atoms with van der Waals surface area (Å²) in [6, 6.07) is 8.03. The van der Waals surface area contributed by atoms with Crippen molar-refractivity contribution in [3.8, 4) is 11.5 Å². The molecule has 5 atom stereocenters. The number of hydrogen-bond acceptors (Lipinski definition) is 8. The zero-order valence-corrected chi connectivity index (χ0v) is 19.0. The highest BCUT2D eigenvalue weighted by Crippen LogP contribution is 2.50. The van der Waals surface area contributed by atoms with E-state index in [4.69, 9.17) is 30.5 Å². The number of non-ortho nitro benzene ring substituents is 1. The number of rotatable bonds is 4. The molecule has 1 saturated heterocycles. The second-order valence-electron chi connectivity index (χ2n) is 8.87.